The van der Waals surface area contributed by atoms with Crippen LogP contribution in [0, 0.1) is 6.92 Å². The largest absolute Gasteiger partial charge is 0.490 e. The van der Waals surface area contributed by atoms with E-state index in [4.69, 9.17) is 4.74 Å². The average Bonchev–Trinajstić information content (AvgIpc) is 3.20. The van der Waals surface area contributed by atoms with Crippen molar-refractivity contribution >= 4 is 26.5 Å². The third-order valence-electron chi connectivity index (χ3n) is 6.93. The van der Waals surface area contributed by atoms with E-state index in [0.29, 0.717) is 10.4 Å². The third kappa shape index (κ3) is 4.46. The fraction of sp³-hybridized carbons (Fsp3) is 0.407. The van der Waals surface area contributed by atoms with Crippen LogP contribution >= 0.6 is 0 Å². The minimum absolute atomic E-state index is 0.251. The van der Waals surface area contributed by atoms with Crippen molar-refractivity contribution in [3.8, 4) is 5.75 Å². The van der Waals surface area contributed by atoms with Crippen molar-refractivity contribution in [2.24, 2.45) is 0 Å². The number of benzene rings is 2. The Morgan fingerprint density at radius 2 is 1.76 bits per heavy atom. The summed E-state index contributed by atoms with van der Waals surface area (Å²) in [7, 11) is -1.61. The van der Waals surface area contributed by atoms with Gasteiger partial charge in [0.1, 0.15) is 5.75 Å². The number of aromatic nitrogens is 1. The van der Waals surface area contributed by atoms with Gasteiger partial charge < -0.3 is 9.64 Å². The van der Waals surface area contributed by atoms with Gasteiger partial charge in [0, 0.05) is 30.2 Å². The minimum atomic E-state index is -3.71. The predicted molar refractivity (Wildman–Crippen MR) is 133 cm³/mol. The Kier molecular flexibility index (Phi) is 6.06. The second-order valence-electron chi connectivity index (χ2n) is 9.46. The smallest absolute Gasteiger partial charge is 0.268 e. The van der Waals surface area contributed by atoms with Crippen molar-refractivity contribution in [2.75, 3.05) is 20.1 Å². The second kappa shape index (κ2) is 8.99. The lowest BCUT2D eigenvalue weighted by Gasteiger charge is -2.23. The standard InChI is InChI=1S/C27H32N2O3S/c1-20-8-11-24(12-9-20)33(30,31)29-19-26(21-14-16-28(2)17-15-21)25-18-23(10-13-27(25)29)32-22-6-4-3-5-7-22/h8-14,18-19,22H,3-7,15-17H2,1-2H3. The number of rotatable bonds is 5. The quantitative estimate of drug-likeness (QED) is 0.492. The Hall–Kier alpha value is -2.57. The van der Waals surface area contributed by atoms with Crippen molar-refractivity contribution in [3.05, 3.63) is 65.9 Å². The Morgan fingerprint density at radius 3 is 2.45 bits per heavy atom. The molecular weight excluding hydrogens is 432 g/mol. The van der Waals surface area contributed by atoms with Crippen LogP contribution < -0.4 is 4.74 Å². The molecule has 1 aliphatic heterocycles. The first-order valence-corrected chi connectivity index (χ1v) is 13.4. The molecule has 5 nitrogen and oxygen atoms in total. The number of hydrogen-bond acceptors (Lipinski definition) is 4. The van der Waals surface area contributed by atoms with Gasteiger partial charge in [0.2, 0.25) is 0 Å². The van der Waals surface area contributed by atoms with Crippen LogP contribution in [0.2, 0.25) is 0 Å². The van der Waals surface area contributed by atoms with E-state index < -0.39 is 10.0 Å². The van der Waals surface area contributed by atoms with E-state index in [0.717, 1.165) is 54.6 Å². The van der Waals surface area contributed by atoms with E-state index >= 15 is 0 Å². The first kappa shape index (κ1) is 22.2. The van der Waals surface area contributed by atoms with Crippen molar-refractivity contribution in [1.29, 1.82) is 0 Å². The van der Waals surface area contributed by atoms with Gasteiger partial charge in [-0.05, 0) is 82.0 Å². The van der Waals surface area contributed by atoms with Crippen molar-refractivity contribution in [2.45, 2.75) is 56.4 Å². The van der Waals surface area contributed by atoms with Gasteiger partial charge in [-0.3, -0.25) is 0 Å². The molecule has 0 N–H and O–H groups in total. The third-order valence-corrected chi connectivity index (χ3v) is 8.62. The van der Waals surface area contributed by atoms with E-state index in [9.17, 15) is 8.42 Å². The number of ether oxygens (including phenoxy) is 1. The van der Waals surface area contributed by atoms with E-state index in [1.165, 1.54) is 28.8 Å². The summed E-state index contributed by atoms with van der Waals surface area (Å²) in [6.07, 6.45) is 11.1. The van der Waals surface area contributed by atoms with Crippen LogP contribution in [0.25, 0.3) is 16.5 Å². The number of fused-ring (bicyclic) bond motifs is 1. The summed E-state index contributed by atoms with van der Waals surface area (Å²) in [5.74, 6) is 0.828. The van der Waals surface area contributed by atoms with E-state index in [1.54, 1.807) is 18.3 Å². The van der Waals surface area contributed by atoms with Crippen LogP contribution in [-0.2, 0) is 10.0 Å². The molecule has 0 amide bonds. The minimum Gasteiger partial charge on any atom is -0.490 e. The molecule has 3 aromatic rings. The zero-order chi connectivity index (χ0) is 23.0. The van der Waals surface area contributed by atoms with E-state index in [1.807, 2.05) is 37.3 Å². The number of aryl methyl sites for hydroxylation is 1. The van der Waals surface area contributed by atoms with Gasteiger partial charge in [-0.1, -0.05) is 30.2 Å². The first-order chi connectivity index (χ1) is 15.9. The summed E-state index contributed by atoms with van der Waals surface area (Å²) in [5, 5.41) is 0.940. The van der Waals surface area contributed by atoms with Gasteiger partial charge in [-0.25, -0.2) is 12.4 Å². The topological polar surface area (TPSA) is 51.5 Å². The highest BCUT2D eigenvalue weighted by atomic mass is 32.2. The molecule has 0 saturated heterocycles. The maximum Gasteiger partial charge on any atom is 0.268 e. The summed E-state index contributed by atoms with van der Waals surface area (Å²) in [6, 6.07) is 12.9. The van der Waals surface area contributed by atoms with Gasteiger partial charge in [-0.15, -0.1) is 0 Å². The molecule has 1 fully saturated rings. The summed E-state index contributed by atoms with van der Waals surface area (Å²) >= 11 is 0. The van der Waals surface area contributed by atoms with Crippen LogP contribution in [-0.4, -0.2) is 43.5 Å². The lowest BCUT2D eigenvalue weighted by Crippen LogP contribution is -2.23. The molecule has 0 bridgehead atoms. The molecular formula is C27H32N2O3S. The van der Waals surface area contributed by atoms with E-state index in [-0.39, 0.29) is 6.10 Å². The average molecular weight is 465 g/mol. The number of hydrogen-bond donors (Lipinski definition) is 0. The van der Waals surface area contributed by atoms with Crippen LogP contribution in [0.1, 0.15) is 49.7 Å². The molecule has 1 aliphatic carbocycles. The van der Waals surface area contributed by atoms with Crippen molar-refractivity contribution in [3.63, 3.8) is 0 Å². The number of likely N-dealkylation sites (N-methyl/N-ethyl adjacent to an activating group) is 1. The van der Waals surface area contributed by atoms with Gasteiger partial charge >= 0.3 is 0 Å². The fourth-order valence-corrected chi connectivity index (χ4v) is 6.29. The molecule has 33 heavy (non-hydrogen) atoms. The highest BCUT2D eigenvalue weighted by Gasteiger charge is 2.24. The maximum atomic E-state index is 13.6. The lowest BCUT2D eigenvalue weighted by molar-refractivity contribution is 0.155. The maximum absolute atomic E-state index is 13.6. The van der Waals surface area contributed by atoms with Gasteiger partial charge in [0.05, 0.1) is 16.5 Å². The van der Waals surface area contributed by atoms with Crippen molar-refractivity contribution < 1.29 is 13.2 Å². The molecule has 2 aromatic carbocycles. The first-order valence-electron chi connectivity index (χ1n) is 11.9. The van der Waals surface area contributed by atoms with Crippen LogP contribution in [0.3, 0.4) is 0 Å². The van der Waals surface area contributed by atoms with E-state index in [2.05, 4.69) is 18.0 Å². The van der Waals surface area contributed by atoms with Crippen LogP contribution in [0.5, 0.6) is 5.75 Å². The Labute approximate surface area is 196 Å². The Balaban J connectivity index is 1.61. The molecule has 0 atom stereocenters. The van der Waals surface area contributed by atoms with Gasteiger partial charge in [0.25, 0.3) is 10.0 Å². The molecule has 0 unspecified atom stereocenters. The highest BCUT2D eigenvalue weighted by Crippen LogP contribution is 2.36. The lowest BCUT2D eigenvalue weighted by atomic mass is 9.97. The summed E-state index contributed by atoms with van der Waals surface area (Å²) in [4.78, 5) is 2.57. The SMILES string of the molecule is Cc1ccc(S(=O)(=O)n2cc(C3=CCN(C)CC3)c3cc(OC4CCCCC4)ccc32)cc1. The monoisotopic (exact) mass is 464 g/mol. The fourth-order valence-electron chi connectivity index (χ4n) is 4.92. The normalized spacial score (nSPS) is 18.4. The molecule has 1 aromatic heterocycles. The Morgan fingerprint density at radius 1 is 1.00 bits per heavy atom. The van der Waals surface area contributed by atoms with Gasteiger partial charge in [0.15, 0.2) is 0 Å². The molecule has 2 heterocycles. The summed E-state index contributed by atoms with van der Waals surface area (Å²) in [5.41, 5.74) is 3.92. The zero-order valence-electron chi connectivity index (χ0n) is 19.5. The van der Waals surface area contributed by atoms with Crippen molar-refractivity contribution in [1.82, 2.24) is 8.87 Å². The van der Waals surface area contributed by atoms with Gasteiger partial charge in [-0.2, -0.15) is 0 Å². The molecule has 174 valence electrons. The van der Waals surface area contributed by atoms with Crippen LogP contribution in [0.15, 0.2) is 59.6 Å². The summed E-state index contributed by atoms with van der Waals surface area (Å²) in [6.45, 7) is 3.78. The number of nitrogens with zero attached hydrogens (tertiary/aromatic N) is 2. The summed E-state index contributed by atoms with van der Waals surface area (Å²) < 4.78 is 35.0. The zero-order valence-corrected chi connectivity index (χ0v) is 20.3. The molecule has 0 spiro atoms. The highest BCUT2D eigenvalue weighted by molar-refractivity contribution is 7.90. The molecule has 5 rings (SSSR count). The molecule has 2 aliphatic rings. The molecule has 1 saturated carbocycles. The second-order valence-corrected chi connectivity index (χ2v) is 11.3. The molecule has 0 radical (unpaired) electrons. The Bertz CT molecular complexity index is 1280. The molecule has 6 heteroatoms. The predicted octanol–water partition coefficient (Wildman–Crippen LogP) is 5.62. The van der Waals surface area contributed by atoms with Crippen LogP contribution in [0.4, 0.5) is 0 Å².